The van der Waals surface area contributed by atoms with Crippen LogP contribution in [0, 0.1) is 12.8 Å². The van der Waals surface area contributed by atoms with E-state index in [0.29, 0.717) is 35.1 Å². The summed E-state index contributed by atoms with van der Waals surface area (Å²) >= 11 is 0. The first-order valence-corrected chi connectivity index (χ1v) is 8.61. The minimum atomic E-state index is -0.449. The average molecular weight is 369 g/mol. The predicted molar refractivity (Wildman–Crippen MR) is 104 cm³/mol. The fraction of sp³-hybridized carbons (Fsp3) is 0.300. The van der Waals surface area contributed by atoms with Gasteiger partial charge < -0.3 is 25.4 Å². The maximum absolute atomic E-state index is 12.7. The average Bonchev–Trinajstić information content (AvgIpc) is 3.06. The number of carbonyl (C=O) groups excluding carboxylic acids is 2. The van der Waals surface area contributed by atoms with Crippen molar-refractivity contribution in [2.24, 2.45) is 5.92 Å². The number of aryl methyl sites for hydroxylation is 1. The lowest BCUT2D eigenvalue weighted by molar-refractivity contribution is -0.122. The van der Waals surface area contributed by atoms with Crippen molar-refractivity contribution in [3.8, 4) is 11.5 Å². The number of amides is 2. The van der Waals surface area contributed by atoms with Gasteiger partial charge in [0.15, 0.2) is 0 Å². The summed E-state index contributed by atoms with van der Waals surface area (Å²) in [6.45, 7) is 2.19. The first-order valence-electron chi connectivity index (χ1n) is 8.61. The molecule has 7 heteroatoms. The molecular formula is C20H23N3O4. The second kappa shape index (κ2) is 7.57. The normalized spacial score (nSPS) is 16.3. The topological polar surface area (TPSA) is 93.9 Å². The van der Waals surface area contributed by atoms with Crippen molar-refractivity contribution in [1.29, 1.82) is 0 Å². The molecule has 1 atom stereocenters. The van der Waals surface area contributed by atoms with Crippen molar-refractivity contribution in [1.82, 2.24) is 0 Å². The van der Waals surface area contributed by atoms with Gasteiger partial charge in [-0.05, 0) is 24.6 Å². The lowest BCUT2D eigenvalue weighted by Gasteiger charge is -2.19. The number of hydrogen-bond acceptors (Lipinski definition) is 5. The van der Waals surface area contributed by atoms with Crippen molar-refractivity contribution in [3.63, 3.8) is 0 Å². The molecule has 0 spiro atoms. The molecule has 1 heterocycles. The van der Waals surface area contributed by atoms with Gasteiger partial charge in [-0.3, -0.25) is 9.59 Å². The zero-order valence-electron chi connectivity index (χ0n) is 15.6. The Morgan fingerprint density at radius 2 is 1.81 bits per heavy atom. The van der Waals surface area contributed by atoms with Crippen LogP contribution in [-0.4, -0.2) is 32.6 Å². The number of rotatable bonds is 5. The van der Waals surface area contributed by atoms with Gasteiger partial charge in [-0.25, -0.2) is 0 Å². The Balaban J connectivity index is 1.77. The Kier molecular flexibility index (Phi) is 5.21. The lowest BCUT2D eigenvalue weighted by Crippen LogP contribution is -2.28. The minimum Gasteiger partial charge on any atom is -0.497 e. The third-order valence-electron chi connectivity index (χ3n) is 4.66. The molecule has 0 radical (unpaired) electrons. The molecule has 0 saturated carbocycles. The Labute approximate surface area is 158 Å². The van der Waals surface area contributed by atoms with E-state index in [1.807, 2.05) is 13.0 Å². The maximum atomic E-state index is 12.7. The van der Waals surface area contributed by atoms with Crippen LogP contribution in [0.2, 0.25) is 0 Å². The number of nitrogens with one attached hydrogen (secondary N) is 1. The molecular weight excluding hydrogens is 346 g/mol. The van der Waals surface area contributed by atoms with Crippen LogP contribution in [0.15, 0.2) is 36.4 Å². The molecule has 0 bridgehead atoms. The highest BCUT2D eigenvalue weighted by atomic mass is 16.5. The fourth-order valence-electron chi connectivity index (χ4n) is 3.09. The van der Waals surface area contributed by atoms with Crippen molar-refractivity contribution >= 4 is 28.9 Å². The maximum Gasteiger partial charge on any atom is 0.229 e. The standard InChI is InChI=1S/C20H23N3O4/c1-12-4-5-14(21)7-18(12)22-20(25)13-6-19(24)23(11-13)15-8-16(26-2)10-17(9-15)27-3/h4-5,7-10,13H,6,11,21H2,1-3H3,(H,22,25). The van der Waals surface area contributed by atoms with E-state index in [9.17, 15) is 9.59 Å². The molecule has 7 nitrogen and oxygen atoms in total. The smallest absolute Gasteiger partial charge is 0.229 e. The summed E-state index contributed by atoms with van der Waals surface area (Å²) in [5, 5.41) is 2.88. The first-order chi connectivity index (χ1) is 12.9. The van der Waals surface area contributed by atoms with Crippen molar-refractivity contribution in [3.05, 3.63) is 42.0 Å². The number of carbonyl (C=O) groups is 2. The quantitative estimate of drug-likeness (QED) is 0.790. The number of anilines is 3. The molecule has 0 aliphatic carbocycles. The van der Waals surface area contributed by atoms with Crippen LogP contribution in [0.5, 0.6) is 11.5 Å². The number of ether oxygens (including phenoxy) is 2. The van der Waals surface area contributed by atoms with Crippen molar-refractivity contribution in [2.75, 3.05) is 36.7 Å². The number of nitrogens with two attached hydrogens (primary N) is 1. The number of methoxy groups -OCH3 is 2. The van der Waals surface area contributed by atoms with E-state index in [1.54, 1.807) is 49.5 Å². The number of nitrogens with zero attached hydrogens (tertiary/aromatic N) is 1. The van der Waals surface area contributed by atoms with Crippen LogP contribution in [-0.2, 0) is 9.59 Å². The van der Waals surface area contributed by atoms with Crippen LogP contribution in [0.3, 0.4) is 0 Å². The summed E-state index contributed by atoms with van der Waals surface area (Å²) in [5.74, 6) is 0.403. The van der Waals surface area contributed by atoms with E-state index >= 15 is 0 Å². The molecule has 27 heavy (non-hydrogen) atoms. The van der Waals surface area contributed by atoms with Crippen LogP contribution in [0.1, 0.15) is 12.0 Å². The van der Waals surface area contributed by atoms with E-state index in [4.69, 9.17) is 15.2 Å². The second-order valence-corrected chi connectivity index (χ2v) is 6.54. The summed E-state index contributed by atoms with van der Waals surface area (Å²) < 4.78 is 10.5. The van der Waals surface area contributed by atoms with Crippen LogP contribution in [0.4, 0.5) is 17.1 Å². The molecule has 2 aromatic rings. The molecule has 1 saturated heterocycles. The van der Waals surface area contributed by atoms with Gasteiger partial charge in [0.05, 0.1) is 25.8 Å². The Morgan fingerprint density at radius 3 is 2.44 bits per heavy atom. The van der Waals surface area contributed by atoms with Gasteiger partial charge in [0, 0.05) is 42.5 Å². The third kappa shape index (κ3) is 3.97. The van der Waals surface area contributed by atoms with Gasteiger partial charge in [0.2, 0.25) is 11.8 Å². The number of benzene rings is 2. The molecule has 1 fully saturated rings. The summed E-state index contributed by atoms with van der Waals surface area (Å²) in [7, 11) is 3.10. The number of nitrogen functional groups attached to an aromatic ring is 1. The molecule has 1 unspecified atom stereocenters. The second-order valence-electron chi connectivity index (χ2n) is 6.54. The van der Waals surface area contributed by atoms with Crippen LogP contribution in [0.25, 0.3) is 0 Å². The summed E-state index contributed by atoms with van der Waals surface area (Å²) in [5.41, 5.74) is 8.59. The minimum absolute atomic E-state index is 0.116. The van der Waals surface area contributed by atoms with Gasteiger partial charge in [-0.15, -0.1) is 0 Å². The lowest BCUT2D eigenvalue weighted by atomic mass is 10.1. The van der Waals surface area contributed by atoms with E-state index < -0.39 is 5.92 Å². The molecule has 3 rings (SSSR count). The largest absolute Gasteiger partial charge is 0.497 e. The SMILES string of the molecule is COc1cc(OC)cc(N2CC(C(=O)Nc3cc(N)ccc3C)CC2=O)c1. The Morgan fingerprint density at radius 1 is 1.15 bits per heavy atom. The molecule has 1 aliphatic rings. The van der Waals surface area contributed by atoms with Gasteiger partial charge in [0.1, 0.15) is 11.5 Å². The molecule has 1 aliphatic heterocycles. The van der Waals surface area contributed by atoms with E-state index in [-0.39, 0.29) is 18.2 Å². The fourth-order valence-corrected chi connectivity index (χ4v) is 3.09. The van der Waals surface area contributed by atoms with Crippen LogP contribution >= 0.6 is 0 Å². The summed E-state index contributed by atoms with van der Waals surface area (Å²) in [6.07, 6.45) is 0.146. The zero-order chi connectivity index (χ0) is 19.6. The monoisotopic (exact) mass is 369 g/mol. The van der Waals surface area contributed by atoms with Gasteiger partial charge in [-0.2, -0.15) is 0 Å². The van der Waals surface area contributed by atoms with E-state index in [1.165, 1.54) is 0 Å². The highest BCUT2D eigenvalue weighted by Crippen LogP contribution is 2.32. The Hall–Kier alpha value is -3.22. The Bertz CT molecular complexity index is 859. The summed E-state index contributed by atoms with van der Waals surface area (Å²) in [4.78, 5) is 26.8. The highest BCUT2D eigenvalue weighted by Gasteiger charge is 2.35. The van der Waals surface area contributed by atoms with Gasteiger partial charge in [-0.1, -0.05) is 6.07 Å². The van der Waals surface area contributed by atoms with Gasteiger partial charge >= 0.3 is 0 Å². The highest BCUT2D eigenvalue weighted by molar-refractivity contribution is 6.04. The molecule has 0 aromatic heterocycles. The van der Waals surface area contributed by atoms with Crippen LogP contribution < -0.4 is 25.4 Å². The number of hydrogen-bond donors (Lipinski definition) is 2. The summed E-state index contributed by atoms with van der Waals surface area (Å²) in [6, 6.07) is 10.6. The predicted octanol–water partition coefficient (Wildman–Crippen LogP) is 2.59. The molecule has 3 N–H and O–H groups in total. The van der Waals surface area contributed by atoms with Gasteiger partial charge in [0.25, 0.3) is 0 Å². The molecule has 2 amide bonds. The van der Waals surface area contributed by atoms with E-state index in [2.05, 4.69) is 5.32 Å². The molecule has 2 aromatic carbocycles. The van der Waals surface area contributed by atoms with E-state index in [0.717, 1.165) is 5.56 Å². The third-order valence-corrected chi connectivity index (χ3v) is 4.66. The zero-order valence-corrected chi connectivity index (χ0v) is 15.6. The van der Waals surface area contributed by atoms with Crippen molar-refractivity contribution < 1.29 is 19.1 Å². The first kappa shape index (κ1) is 18.6. The van der Waals surface area contributed by atoms with Crippen molar-refractivity contribution in [2.45, 2.75) is 13.3 Å². The molecule has 142 valence electrons.